The van der Waals surface area contributed by atoms with Crippen LogP contribution in [-0.4, -0.2) is 28.3 Å². The van der Waals surface area contributed by atoms with Gasteiger partial charge in [0, 0.05) is 26.6 Å². The molecule has 0 N–H and O–H groups in total. The minimum atomic E-state index is -0.370. The largest absolute Gasteiger partial charge is 0.494 e. The molecule has 2 aliphatic carbocycles. The van der Waals surface area contributed by atoms with Crippen molar-refractivity contribution in [2.24, 2.45) is 0 Å². The number of rotatable bonds is 3. The quantitative estimate of drug-likeness (QED) is 0.185. The zero-order valence-corrected chi connectivity index (χ0v) is 27.7. The summed E-state index contributed by atoms with van der Waals surface area (Å²) in [5.74, 6) is 0.773. The predicted molar refractivity (Wildman–Crippen MR) is 191 cm³/mol. The second kappa shape index (κ2) is 10.1. The van der Waals surface area contributed by atoms with Gasteiger partial charge in [-0.15, -0.1) is 11.3 Å². The topological polar surface area (TPSA) is 44.2 Å². The lowest BCUT2D eigenvalue weighted by atomic mass is 9.66. The van der Waals surface area contributed by atoms with E-state index in [-0.39, 0.29) is 23.7 Å². The molecule has 4 aromatic carbocycles. The van der Waals surface area contributed by atoms with Crippen molar-refractivity contribution in [3.8, 4) is 33.8 Å². The molecule has 3 aliphatic rings. The van der Waals surface area contributed by atoms with Crippen LogP contribution in [0.15, 0.2) is 91.0 Å². The van der Waals surface area contributed by atoms with Crippen molar-refractivity contribution < 1.29 is 9.31 Å². The lowest BCUT2D eigenvalue weighted by Gasteiger charge is -2.36. The van der Waals surface area contributed by atoms with Crippen LogP contribution in [-0.2, 0) is 14.7 Å². The average Bonchev–Trinajstić information content (AvgIpc) is 3.65. The van der Waals surface area contributed by atoms with Gasteiger partial charge in [0.25, 0.3) is 0 Å². The van der Waals surface area contributed by atoms with Gasteiger partial charge in [-0.2, -0.15) is 0 Å². The van der Waals surface area contributed by atoms with Crippen LogP contribution in [0.2, 0.25) is 0 Å². The van der Waals surface area contributed by atoms with Crippen LogP contribution < -0.4 is 5.46 Å². The molecule has 0 bridgehead atoms. The van der Waals surface area contributed by atoms with E-state index in [1.807, 2.05) is 6.07 Å². The monoisotopic (exact) mass is 620 g/mol. The van der Waals surface area contributed by atoms with E-state index in [1.165, 1.54) is 57.2 Å². The van der Waals surface area contributed by atoms with Crippen LogP contribution in [0.3, 0.4) is 0 Å². The van der Waals surface area contributed by atoms with E-state index in [0.717, 1.165) is 45.6 Å². The van der Waals surface area contributed by atoms with Crippen molar-refractivity contribution in [3.05, 3.63) is 102 Å². The maximum Gasteiger partial charge on any atom is 0.494 e. The van der Waals surface area contributed by atoms with Gasteiger partial charge in [-0.05, 0) is 80.4 Å². The summed E-state index contributed by atoms with van der Waals surface area (Å²) in [7, 11) is -0.367. The molecule has 4 nitrogen and oxygen atoms in total. The van der Waals surface area contributed by atoms with Crippen LogP contribution in [0.1, 0.15) is 70.9 Å². The SMILES string of the molecule is CC1(C)OB(c2ccc3c(c2)C2(CCCCC2)c2cc(-c4nc(-c5ccccc5)nc5c4sc4ccccc45)ccc2-3)OC1(C)C. The first-order valence-corrected chi connectivity index (χ1v) is 17.5. The summed E-state index contributed by atoms with van der Waals surface area (Å²) in [6.45, 7) is 8.52. The molecule has 2 aromatic heterocycles. The molecular weight excluding hydrogens is 583 g/mol. The molecule has 0 amide bonds. The number of nitrogens with zero attached hydrogens (tertiary/aromatic N) is 2. The Hall–Kier alpha value is -3.84. The van der Waals surface area contributed by atoms with Crippen LogP contribution in [0.5, 0.6) is 0 Å². The summed E-state index contributed by atoms with van der Waals surface area (Å²) in [6.07, 6.45) is 6.06. The average molecular weight is 621 g/mol. The molecule has 9 rings (SSSR count). The Kier molecular flexibility index (Phi) is 6.22. The fraction of sp³-hybridized carbons (Fsp3) is 0.300. The maximum atomic E-state index is 6.52. The van der Waals surface area contributed by atoms with Gasteiger partial charge in [0.15, 0.2) is 5.82 Å². The standard InChI is InChI=1S/C40H37BN2O2S/c1-38(2)39(3,4)45-41(44-38)27-18-20-29-28-19-17-26(23-31(28)40(32(29)24-27)21-11-6-12-22-40)34-36-35(30-15-9-10-16-33(30)46-36)43-37(42-34)25-13-7-5-8-14-25/h5,7-10,13-20,23-24H,6,11-12,21-22H2,1-4H3. The molecule has 1 spiro atoms. The van der Waals surface area contributed by atoms with Crippen molar-refractivity contribution in [1.29, 1.82) is 0 Å². The van der Waals surface area contributed by atoms with E-state index in [9.17, 15) is 0 Å². The number of fused-ring (bicyclic) bond motifs is 8. The fourth-order valence-electron chi connectivity index (χ4n) is 7.98. The molecule has 46 heavy (non-hydrogen) atoms. The molecule has 1 saturated heterocycles. The molecular formula is C40H37BN2O2S. The number of hydrogen-bond donors (Lipinski definition) is 0. The summed E-state index contributed by atoms with van der Waals surface area (Å²) in [5.41, 5.74) is 10.2. The normalized spacial score (nSPS) is 19.2. The van der Waals surface area contributed by atoms with Crippen LogP contribution in [0, 0.1) is 0 Å². The first-order valence-electron chi connectivity index (χ1n) is 16.6. The van der Waals surface area contributed by atoms with Gasteiger partial charge in [0.2, 0.25) is 0 Å². The Bertz CT molecular complexity index is 2150. The van der Waals surface area contributed by atoms with Crippen molar-refractivity contribution in [2.75, 3.05) is 0 Å². The Morgan fingerprint density at radius 1 is 0.674 bits per heavy atom. The Morgan fingerprint density at radius 2 is 1.35 bits per heavy atom. The third kappa shape index (κ3) is 4.13. The van der Waals surface area contributed by atoms with Crippen molar-refractivity contribution in [1.82, 2.24) is 9.97 Å². The van der Waals surface area contributed by atoms with E-state index in [1.54, 1.807) is 11.3 Å². The molecule has 1 saturated carbocycles. The van der Waals surface area contributed by atoms with E-state index < -0.39 is 0 Å². The number of thiophene rings is 1. The molecule has 0 unspecified atom stereocenters. The summed E-state index contributed by atoms with van der Waals surface area (Å²) >= 11 is 1.80. The summed E-state index contributed by atoms with van der Waals surface area (Å²) in [4.78, 5) is 10.5. The van der Waals surface area contributed by atoms with E-state index in [2.05, 4.69) is 113 Å². The minimum Gasteiger partial charge on any atom is -0.399 e. The van der Waals surface area contributed by atoms with Gasteiger partial charge in [-0.25, -0.2) is 9.97 Å². The van der Waals surface area contributed by atoms with Crippen LogP contribution in [0.25, 0.3) is 54.1 Å². The Labute approximate surface area is 275 Å². The zero-order chi connectivity index (χ0) is 31.3. The maximum absolute atomic E-state index is 6.52. The number of benzene rings is 4. The van der Waals surface area contributed by atoms with Gasteiger partial charge < -0.3 is 9.31 Å². The van der Waals surface area contributed by atoms with Gasteiger partial charge in [-0.1, -0.05) is 98.1 Å². The molecule has 3 heterocycles. The van der Waals surface area contributed by atoms with Gasteiger partial charge in [-0.3, -0.25) is 0 Å². The first kappa shape index (κ1) is 28.4. The molecule has 0 radical (unpaired) electrons. The lowest BCUT2D eigenvalue weighted by molar-refractivity contribution is 0.00578. The highest BCUT2D eigenvalue weighted by atomic mass is 32.1. The molecule has 6 aromatic rings. The van der Waals surface area contributed by atoms with Gasteiger partial charge in [0.05, 0.1) is 27.1 Å². The molecule has 1 aliphatic heterocycles. The molecule has 0 atom stereocenters. The minimum absolute atomic E-state index is 0.0207. The Morgan fingerprint density at radius 3 is 2.11 bits per heavy atom. The van der Waals surface area contributed by atoms with E-state index in [0.29, 0.717) is 0 Å². The van der Waals surface area contributed by atoms with Crippen molar-refractivity contribution in [3.63, 3.8) is 0 Å². The summed E-state index contributed by atoms with van der Waals surface area (Å²) in [5, 5.41) is 1.19. The highest BCUT2D eigenvalue weighted by Gasteiger charge is 2.52. The van der Waals surface area contributed by atoms with Crippen LogP contribution >= 0.6 is 11.3 Å². The molecule has 228 valence electrons. The summed E-state index contributed by atoms with van der Waals surface area (Å²) < 4.78 is 15.4. The van der Waals surface area contributed by atoms with Crippen LogP contribution in [0.4, 0.5) is 0 Å². The van der Waals surface area contributed by atoms with Gasteiger partial charge in [0.1, 0.15) is 0 Å². The van der Waals surface area contributed by atoms with Crippen molar-refractivity contribution >= 4 is 44.2 Å². The first-order chi connectivity index (χ1) is 22.2. The highest BCUT2D eigenvalue weighted by molar-refractivity contribution is 7.26. The third-order valence-electron chi connectivity index (χ3n) is 11.1. The van der Waals surface area contributed by atoms with E-state index in [4.69, 9.17) is 19.3 Å². The smallest absolute Gasteiger partial charge is 0.399 e. The second-order valence-electron chi connectivity index (χ2n) is 14.3. The Balaban J connectivity index is 1.22. The van der Waals surface area contributed by atoms with E-state index >= 15 is 0 Å². The third-order valence-corrected chi connectivity index (χ3v) is 12.3. The van der Waals surface area contributed by atoms with Crippen molar-refractivity contribution in [2.45, 2.75) is 76.4 Å². The summed E-state index contributed by atoms with van der Waals surface area (Å²) in [6, 6.07) is 33.0. The molecule has 6 heteroatoms. The lowest BCUT2D eigenvalue weighted by Crippen LogP contribution is -2.41. The molecule has 2 fully saturated rings. The number of hydrogen-bond acceptors (Lipinski definition) is 5. The highest BCUT2D eigenvalue weighted by Crippen LogP contribution is 2.56. The predicted octanol–water partition coefficient (Wildman–Crippen LogP) is 9.71. The fourth-order valence-corrected chi connectivity index (χ4v) is 9.14. The number of aromatic nitrogens is 2. The zero-order valence-electron chi connectivity index (χ0n) is 26.9. The van der Waals surface area contributed by atoms with Gasteiger partial charge >= 0.3 is 7.12 Å². The second-order valence-corrected chi connectivity index (χ2v) is 15.4.